The standard InChI is InChI=1S/C14H20N6O2/c1-3-13(21)15-7-11-6-12-8-19(4-5-20(12)17-11)9-14-16-10(2)18-22-14/h6H,3-5,7-9H2,1-2H3,(H,15,21). The van der Waals surface area contributed by atoms with E-state index in [2.05, 4.69) is 25.5 Å². The Morgan fingerprint density at radius 3 is 3.05 bits per heavy atom. The predicted octanol–water partition coefficient (Wildman–Crippen LogP) is 0.617. The normalized spacial score (nSPS) is 14.8. The van der Waals surface area contributed by atoms with Gasteiger partial charge in [-0.3, -0.25) is 14.4 Å². The molecule has 0 fully saturated rings. The summed E-state index contributed by atoms with van der Waals surface area (Å²) in [6.45, 7) is 7.28. The quantitative estimate of drug-likeness (QED) is 0.871. The minimum atomic E-state index is 0.0411. The summed E-state index contributed by atoms with van der Waals surface area (Å²) < 4.78 is 7.17. The van der Waals surface area contributed by atoms with Gasteiger partial charge < -0.3 is 9.84 Å². The van der Waals surface area contributed by atoms with Gasteiger partial charge in [0.05, 0.1) is 31.0 Å². The molecule has 1 aliphatic heterocycles. The summed E-state index contributed by atoms with van der Waals surface area (Å²) in [6, 6.07) is 2.04. The van der Waals surface area contributed by atoms with Gasteiger partial charge in [-0.15, -0.1) is 0 Å². The number of rotatable bonds is 5. The number of nitrogens with zero attached hydrogens (tertiary/aromatic N) is 5. The van der Waals surface area contributed by atoms with Crippen molar-refractivity contribution in [3.05, 3.63) is 29.2 Å². The molecule has 8 heteroatoms. The first-order valence-corrected chi connectivity index (χ1v) is 7.48. The maximum atomic E-state index is 11.3. The minimum absolute atomic E-state index is 0.0411. The molecule has 3 heterocycles. The number of hydrogen-bond acceptors (Lipinski definition) is 6. The van der Waals surface area contributed by atoms with Gasteiger partial charge in [-0.2, -0.15) is 10.1 Å². The summed E-state index contributed by atoms with van der Waals surface area (Å²) in [4.78, 5) is 17.8. The van der Waals surface area contributed by atoms with Crippen molar-refractivity contribution in [1.82, 2.24) is 30.1 Å². The van der Waals surface area contributed by atoms with Gasteiger partial charge in [0.2, 0.25) is 11.8 Å². The fraction of sp³-hybridized carbons (Fsp3) is 0.571. The lowest BCUT2D eigenvalue weighted by Crippen LogP contribution is -2.33. The zero-order valence-corrected chi connectivity index (χ0v) is 12.9. The largest absolute Gasteiger partial charge is 0.350 e. The Balaban J connectivity index is 1.60. The second kappa shape index (κ2) is 6.27. The molecular weight excluding hydrogens is 284 g/mol. The number of hydrogen-bond donors (Lipinski definition) is 1. The fourth-order valence-corrected chi connectivity index (χ4v) is 2.51. The summed E-state index contributed by atoms with van der Waals surface area (Å²) in [7, 11) is 0. The van der Waals surface area contributed by atoms with Crippen molar-refractivity contribution >= 4 is 5.91 Å². The van der Waals surface area contributed by atoms with Gasteiger partial charge in [0.1, 0.15) is 0 Å². The smallest absolute Gasteiger partial charge is 0.240 e. The van der Waals surface area contributed by atoms with Crippen LogP contribution in [0.15, 0.2) is 10.6 Å². The molecule has 22 heavy (non-hydrogen) atoms. The molecule has 2 aromatic heterocycles. The fourth-order valence-electron chi connectivity index (χ4n) is 2.51. The Morgan fingerprint density at radius 2 is 2.32 bits per heavy atom. The van der Waals surface area contributed by atoms with Crippen LogP contribution in [0.4, 0.5) is 0 Å². The number of nitrogens with one attached hydrogen (secondary N) is 1. The van der Waals surface area contributed by atoms with E-state index in [1.807, 2.05) is 24.6 Å². The summed E-state index contributed by atoms with van der Waals surface area (Å²) >= 11 is 0. The van der Waals surface area contributed by atoms with Crippen molar-refractivity contribution < 1.29 is 9.32 Å². The van der Waals surface area contributed by atoms with Crippen LogP contribution in [0.25, 0.3) is 0 Å². The van der Waals surface area contributed by atoms with Crippen LogP contribution in [-0.4, -0.2) is 37.3 Å². The lowest BCUT2D eigenvalue weighted by Gasteiger charge is -2.25. The summed E-state index contributed by atoms with van der Waals surface area (Å²) in [6.07, 6.45) is 0.491. The molecule has 0 saturated heterocycles. The highest BCUT2D eigenvalue weighted by molar-refractivity contribution is 5.75. The third-order valence-corrected chi connectivity index (χ3v) is 3.64. The van der Waals surface area contributed by atoms with Gasteiger partial charge in [0.15, 0.2) is 5.82 Å². The Labute approximate surface area is 128 Å². The number of carbonyl (C=O) groups excluding carboxylic acids is 1. The zero-order chi connectivity index (χ0) is 15.5. The van der Waals surface area contributed by atoms with Crippen LogP contribution in [0.3, 0.4) is 0 Å². The molecule has 0 spiro atoms. The van der Waals surface area contributed by atoms with Crippen LogP contribution in [0.1, 0.15) is 36.4 Å². The van der Waals surface area contributed by atoms with Crippen LogP contribution in [-0.2, 0) is 31.0 Å². The van der Waals surface area contributed by atoms with Crippen LogP contribution in [0.5, 0.6) is 0 Å². The van der Waals surface area contributed by atoms with Crippen molar-refractivity contribution in [1.29, 1.82) is 0 Å². The third kappa shape index (κ3) is 3.33. The molecular formula is C14H20N6O2. The van der Waals surface area contributed by atoms with E-state index in [1.165, 1.54) is 0 Å². The van der Waals surface area contributed by atoms with Gasteiger partial charge in [-0.25, -0.2) is 0 Å². The number of aryl methyl sites for hydroxylation is 1. The van der Waals surface area contributed by atoms with Gasteiger partial charge in [-0.1, -0.05) is 12.1 Å². The monoisotopic (exact) mass is 304 g/mol. The predicted molar refractivity (Wildman–Crippen MR) is 77.5 cm³/mol. The molecule has 1 N–H and O–H groups in total. The van der Waals surface area contributed by atoms with Crippen molar-refractivity contribution in [2.75, 3.05) is 6.54 Å². The number of carbonyl (C=O) groups is 1. The topological polar surface area (TPSA) is 89.1 Å². The number of aromatic nitrogens is 4. The Morgan fingerprint density at radius 1 is 1.45 bits per heavy atom. The first kappa shape index (κ1) is 14.7. The third-order valence-electron chi connectivity index (χ3n) is 3.64. The molecule has 8 nitrogen and oxygen atoms in total. The summed E-state index contributed by atoms with van der Waals surface area (Å²) in [5.41, 5.74) is 2.04. The number of amides is 1. The van der Waals surface area contributed by atoms with Gasteiger partial charge >= 0.3 is 0 Å². The van der Waals surface area contributed by atoms with Gasteiger partial charge in [0.25, 0.3) is 0 Å². The molecule has 2 aromatic rings. The Hall–Kier alpha value is -2.22. The zero-order valence-electron chi connectivity index (χ0n) is 12.9. The molecule has 0 unspecified atom stereocenters. The van der Waals surface area contributed by atoms with E-state index in [0.717, 1.165) is 31.0 Å². The van der Waals surface area contributed by atoms with E-state index in [-0.39, 0.29) is 5.91 Å². The molecule has 1 amide bonds. The molecule has 0 aromatic carbocycles. The second-order valence-electron chi connectivity index (χ2n) is 5.43. The van der Waals surface area contributed by atoms with Crippen LogP contribution in [0.2, 0.25) is 0 Å². The van der Waals surface area contributed by atoms with Crippen molar-refractivity contribution in [3.63, 3.8) is 0 Å². The molecule has 1 aliphatic rings. The highest BCUT2D eigenvalue weighted by Gasteiger charge is 2.20. The lowest BCUT2D eigenvalue weighted by atomic mass is 10.2. The van der Waals surface area contributed by atoms with Crippen LogP contribution >= 0.6 is 0 Å². The molecule has 0 saturated carbocycles. The molecule has 3 rings (SSSR count). The van der Waals surface area contributed by atoms with E-state index < -0.39 is 0 Å². The van der Waals surface area contributed by atoms with E-state index in [4.69, 9.17) is 4.52 Å². The highest BCUT2D eigenvalue weighted by Crippen LogP contribution is 2.15. The SMILES string of the molecule is CCC(=O)NCc1cc2n(n1)CCN(Cc1nc(C)no1)C2. The number of fused-ring (bicyclic) bond motifs is 1. The first-order valence-electron chi connectivity index (χ1n) is 7.48. The average Bonchev–Trinajstić information content (AvgIpc) is 3.10. The van der Waals surface area contributed by atoms with Gasteiger partial charge in [0, 0.05) is 19.5 Å². The summed E-state index contributed by atoms with van der Waals surface area (Å²) in [5, 5.41) is 11.2. The first-order chi connectivity index (χ1) is 10.6. The average molecular weight is 304 g/mol. The van der Waals surface area contributed by atoms with E-state index in [9.17, 15) is 4.79 Å². The molecule has 0 radical (unpaired) electrons. The maximum Gasteiger partial charge on any atom is 0.240 e. The Kier molecular flexibility index (Phi) is 4.19. The molecule has 118 valence electrons. The van der Waals surface area contributed by atoms with Crippen molar-refractivity contribution in [2.24, 2.45) is 0 Å². The highest BCUT2D eigenvalue weighted by atomic mass is 16.5. The minimum Gasteiger partial charge on any atom is -0.350 e. The van der Waals surface area contributed by atoms with Crippen molar-refractivity contribution in [3.8, 4) is 0 Å². The van der Waals surface area contributed by atoms with Crippen molar-refractivity contribution in [2.45, 2.75) is 46.4 Å². The lowest BCUT2D eigenvalue weighted by molar-refractivity contribution is -0.120. The van der Waals surface area contributed by atoms with E-state index in [1.54, 1.807) is 0 Å². The molecule has 0 aliphatic carbocycles. The molecule has 0 bridgehead atoms. The van der Waals surface area contributed by atoms with E-state index in [0.29, 0.717) is 31.2 Å². The van der Waals surface area contributed by atoms with Crippen LogP contribution in [0, 0.1) is 6.92 Å². The summed E-state index contributed by atoms with van der Waals surface area (Å²) in [5.74, 6) is 1.34. The maximum absolute atomic E-state index is 11.3. The second-order valence-corrected chi connectivity index (χ2v) is 5.43. The van der Waals surface area contributed by atoms with Crippen LogP contribution < -0.4 is 5.32 Å². The van der Waals surface area contributed by atoms with Gasteiger partial charge in [-0.05, 0) is 13.0 Å². The van der Waals surface area contributed by atoms with E-state index >= 15 is 0 Å². The molecule has 0 atom stereocenters. The Bertz CT molecular complexity index is 662.